The first-order chi connectivity index (χ1) is 8.56. The first kappa shape index (κ1) is 13.0. The maximum atomic E-state index is 12.9. The van der Waals surface area contributed by atoms with Crippen LogP contribution in [0.2, 0.25) is 0 Å². The van der Waals surface area contributed by atoms with Gasteiger partial charge in [0.25, 0.3) is 0 Å². The minimum atomic E-state index is -0.657. The number of rotatable bonds is 2. The molecule has 18 heavy (non-hydrogen) atoms. The van der Waals surface area contributed by atoms with Gasteiger partial charge in [0.15, 0.2) is 0 Å². The summed E-state index contributed by atoms with van der Waals surface area (Å²) in [6.45, 7) is 4.40. The van der Waals surface area contributed by atoms with Gasteiger partial charge in [-0.05, 0) is 37.2 Å². The molecule has 3 unspecified atom stereocenters. The van der Waals surface area contributed by atoms with Gasteiger partial charge in [0, 0.05) is 12.3 Å². The third-order valence-corrected chi connectivity index (χ3v) is 3.79. The molecule has 0 bridgehead atoms. The Morgan fingerprint density at radius 3 is 2.83 bits per heavy atom. The lowest BCUT2D eigenvalue weighted by atomic mass is 9.80. The Balaban J connectivity index is 1.96. The van der Waals surface area contributed by atoms with Crippen LogP contribution in [0, 0.1) is 17.8 Å². The van der Waals surface area contributed by atoms with E-state index in [1.165, 1.54) is 12.3 Å². The zero-order valence-electron chi connectivity index (χ0n) is 10.7. The van der Waals surface area contributed by atoms with E-state index < -0.39 is 11.9 Å². The fourth-order valence-electron chi connectivity index (χ4n) is 2.35. The number of nitrogens with zero attached hydrogens (tertiary/aromatic N) is 1. The van der Waals surface area contributed by atoms with Crippen molar-refractivity contribution in [3.8, 4) is 0 Å². The predicted molar refractivity (Wildman–Crippen MR) is 65.6 cm³/mol. The maximum absolute atomic E-state index is 12.9. The second-order valence-corrected chi connectivity index (χ2v) is 5.16. The van der Waals surface area contributed by atoms with Gasteiger partial charge < -0.3 is 4.74 Å². The fraction of sp³-hybridized carbons (Fsp3) is 0.571. The van der Waals surface area contributed by atoms with E-state index in [4.69, 9.17) is 4.74 Å². The van der Waals surface area contributed by atoms with Crippen LogP contribution in [0.15, 0.2) is 18.3 Å². The van der Waals surface area contributed by atoms with Gasteiger partial charge in [-0.25, -0.2) is 9.78 Å². The summed E-state index contributed by atoms with van der Waals surface area (Å²) in [5.74, 6) is 0.127. The molecule has 0 N–H and O–H groups in total. The minimum absolute atomic E-state index is 0.0417. The number of pyridine rings is 1. The van der Waals surface area contributed by atoms with Gasteiger partial charge in [0.1, 0.15) is 6.10 Å². The Morgan fingerprint density at radius 2 is 2.17 bits per heavy atom. The molecular formula is C14H18FNO2. The molecule has 98 valence electrons. The van der Waals surface area contributed by atoms with Crippen molar-refractivity contribution in [1.82, 2.24) is 4.98 Å². The van der Waals surface area contributed by atoms with Gasteiger partial charge in [-0.2, -0.15) is 4.39 Å². The van der Waals surface area contributed by atoms with E-state index >= 15 is 0 Å². The highest BCUT2D eigenvalue weighted by atomic mass is 19.1. The molecule has 1 heterocycles. The van der Waals surface area contributed by atoms with Crippen LogP contribution in [0.1, 0.15) is 43.5 Å². The van der Waals surface area contributed by atoms with E-state index in [9.17, 15) is 9.18 Å². The molecule has 1 fully saturated rings. The molecule has 0 saturated heterocycles. The van der Waals surface area contributed by atoms with Gasteiger partial charge in [-0.1, -0.05) is 13.8 Å². The third kappa shape index (κ3) is 3.06. The second kappa shape index (κ2) is 5.46. The van der Waals surface area contributed by atoms with Crippen molar-refractivity contribution >= 4 is 5.97 Å². The molecule has 0 amide bonds. The summed E-state index contributed by atoms with van der Waals surface area (Å²) in [5, 5.41) is 0. The van der Waals surface area contributed by atoms with E-state index in [0.717, 1.165) is 25.3 Å². The standard InChI is InChI=1S/C14H18FNO2/c1-9-3-4-12(7-10(9)2)18-14(17)11-5-6-16-13(15)8-11/h5-6,8-10,12H,3-4,7H2,1-2H3. The maximum Gasteiger partial charge on any atom is 0.338 e. The number of carbonyl (C=O) groups excluding carboxylic acids is 1. The van der Waals surface area contributed by atoms with Gasteiger partial charge in [-0.3, -0.25) is 0 Å². The molecular weight excluding hydrogens is 233 g/mol. The van der Waals surface area contributed by atoms with Crippen LogP contribution in [0.3, 0.4) is 0 Å². The molecule has 3 nitrogen and oxygen atoms in total. The first-order valence-electron chi connectivity index (χ1n) is 6.39. The van der Waals surface area contributed by atoms with Crippen molar-refractivity contribution in [2.75, 3.05) is 0 Å². The molecule has 4 heteroatoms. The van der Waals surface area contributed by atoms with Crippen LogP contribution < -0.4 is 0 Å². The molecule has 0 spiro atoms. The first-order valence-corrected chi connectivity index (χ1v) is 6.39. The van der Waals surface area contributed by atoms with Crippen LogP contribution in [-0.4, -0.2) is 17.1 Å². The van der Waals surface area contributed by atoms with Crippen molar-refractivity contribution in [2.45, 2.75) is 39.2 Å². The van der Waals surface area contributed by atoms with Crippen LogP contribution in [0.25, 0.3) is 0 Å². The van der Waals surface area contributed by atoms with Crippen molar-refractivity contribution in [3.05, 3.63) is 29.8 Å². The molecule has 3 atom stereocenters. The Kier molecular flexibility index (Phi) is 3.94. The number of hydrogen-bond acceptors (Lipinski definition) is 3. The molecule has 1 saturated carbocycles. The highest BCUT2D eigenvalue weighted by Gasteiger charge is 2.27. The zero-order chi connectivity index (χ0) is 13.1. The number of hydrogen-bond donors (Lipinski definition) is 0. The van der Waals surface area contributed by atoms with Gasteiger partial charge >= 0.3 is 5.97 Å². The largest absolute Gasteiger partial charge is 0.459 e. The average Bonchev–Trinajstić information content (AvgIpc) is 2.34. The molecule has 1 aliphatic rings. The van der Waals surface area contributed by atoms with Gasteiger partial charge in [0.2, 0.25) is 5.95 Å². The smallest absolute Gasteiger partial charge is 0.338 e. The molecule has 1 aromatic rings. The van der Waals surface area contributed by atoms with Crippen LogP contribution in [0.5, 0.6) is 0 Å². The lowest BCUT2D eigenvalue weighted by molar-refractivity contribution is 0.00872. The highest BCUT2D eigenvalue weighted by molar-refractivity contribution is 5.89. The summed E-state index contributed by atoms with van der Waals surface area (Å²) in [7, 11) is 0. The summed E-state index contributed by atoms with van der Waals surface area (Å²) in [6, 6.07) is 2.58. The molecule has 0 radical (unpaired) electrons. The monoisotopic (exact) mass is 251 g/mol. The molecule has 2 rings (SSSR count). The lowest BCUT2D eigenvalue weighted by Gasteiger charge is -2.31. The summed E-state index contributed by atoms with van der Waals surface area (Å²) >= 11 is 0. The average molecular weight is 251 g/mol. The Morgan fingerprint density at radius 1 is 1.39 bits per heavy atom. The second-order valence-electron chi connectivity index (χ2n) is 5.16. The molecule has 0 aromatic carbocycles. The summed E-state index contributed by atoms with van der Waals surface area (Å²) in [6.07, 6.45) is 4.09. The van der Waals surface area contributed by atoms with E-state index in [1.54, 1.807) is 0 Å². The molecule has 1 aromatic heterocycles. The summed E-state index contributed by atoms with van der Waals surface area (Å²) in [5.41, 5.74) is 0.230. The van der Waals surface area contributed by atoms with Crippen LogP contribution in [0.4, 0.5) is 4.39 Å². The number of carbonyl (C=O) groups is 1. The van der Waals surface area contributed by atoms with Gasteiger partial charge in [-0.15, -0.1) is 0 Å². The van der Waals surface area contributed by atoms with Crippen molar-refractivity contribution in [3.63, 3.8) is 0 Å². The Labute approximate surface area is 106 Å². The van der Waals surface area contributed by atoms with E-state index in [1.807, 2.05) is 0 Å². The van der Waals surface area contributed by atoms with Crippen LogP contribution >= 0.6 is 0 Å². The van der Waals surface area contributed by atoms with Crippen molar-refractivity contribution in [2.24, 2.45) is 11.8 Å². The van der Waals surface area contributed by atoms with Gasteiger partial charge in [0.05, 0.1) is 5.56 Å². The molecule has 0 aliphatic heterocycles. The number of ether oxygens (including phenoxy) is 1. The predicted octanol–water partition coefficient (Wildman–Crippen LogP) is 3.20. The normalized spacial score (nSPS) is 27.8. The third-order valence-electron chi connectivity index (χ3n) is 3.79. The number of esters is 1. The lowest BCUT2D eigenvalue weighted by Crippen LogP contribution is -2.28. The fourth-order valence-corrected chi connectivity index (χ4v) is 2.35. The number of aromatic nitrogens is 1. The topological polar surface area (TPSA) is 39.2 Å². The minimum Gasteiger partial charge on any atom is -0.459 e. The number of halogens is 1. The van der Waals surface area contributed by atoms with E-state index in [2.05, 4.69) is 18.8 Å². The van der Waals surface area contributed by atoms with Crippen molar-refractivity contribution in [1.29, 1.82) is 0 Å². The summed E-state index contributed by atoms with van der Waals surface area (Å²) < 4.78 is 18.3. The van der Waals surface area contributed by atoms with E-state index in [-0.39, 0.29) is 11.7 Å². The summed E-state index contributed by atoms with van der Waals surface area (Å²) in [4.78, 5) is 15.3. The van der Waals surface area contributed by atoms with Crippen LogP contribution in [-0.2, 0) is 4.74 Å². The Bertz CT molecular complexity index is 436. The SMILES string of the molecule is CC1CCC(OC(=O)c2ccnc(F)c2)CC1C. The zero-order valence-corrected chi connectivity index (χ0v) is 10.7. The highest BCUT2D eigenvalue weighted by Crippen LogP contribution is 2.31. The van der Waals surface area contributed by atoms with Crippen molar-refractivity contribution < 1.29 is 13.9 Å². The quantitative estimate of drug-likeness (QED) is 0.598. The molecule has 1 aliphatic carbocycles. The Hall–Kier alpha value is -1.45. The van der Waals surface area contributed by atoms with E-state index in [0.29, 0.717) is 11.8 Å².